The number of ether oxygens (including phenoxy) is 2. The molecule has 0 unspecified atom stereocenters. The van der Waals surface area contributed by atoms with Crippen molar-refractivity contribution in [2.45, 2.75) is 51.3 Å². The number of rotatable bonds is 12. The predicted molar refractivity (Wildman–Crippen MR) is 125 cm³/mol. The Morgan fingerprint density at radius 2 is 1.81 bits per heavy atom. The molecule has 1 saturated heterocycles. The highest BCUT2D eigenvalue weighted by Gasteiger charge is 2.40. The van der Waals surface area contributed by atoms with Crippen LogP contribution in [0.1, 0.15) is 36.8 Å². The fraction of sp³-hybridized carbons (Fsp3) is 0.500. The van der Waals surface area contributed by atoms with Crippen molar-refractivity contribution in [3.8, 4) is 5.75 Å². The monoisotopic (exact) mass is 508 g/mol. The number of hydrogen-bond acceptors (Lipinski definition) is 9. The molecule has 0 amide bonds. The molecule has 0 bridgehead atoms. The highest BCUT2D eigenvalue weighted by atomic mass is 16.5. The molecule has 2 aromatic rings. The molecule has 0 aliphatic carbocycles. The molecule has 1 aliphatic heterocycles. The summed E-state index contributed by atoms with van der Waals surface area (Å²) in [5.74, 6) is -2.74. The van der Waals surface area contributed by atoms with Gasteiger partial charge in [0.05, 0.1) is 38.4 Å². The lowest BCUT2D eigenvalue weighted by Crippen LogP contribution is -2.42. The highest BCUT2D eigenvalue weighted by Crippen LogP contribution is 2.22. The van der Waals surface area contributed by atoms with Gasteiger partial charge in [0.15, 0.2) is 5.60 Å². The first-order valence-corrected chi connectivity index (χ1v) is 11.4. The zero-order chi connectivity index (χ0) is 26.7. The Bertz CT molecular complexity index is 1010. The Balaban J connectivity index is 0.000000302. The smallest absolute Gasteiger partial charge is 0.336 e. The molecule has 2 atom stereocenters. The molecule has 1 fully saturated rings. The van der Waals surface area contributed by atoms with Gasteiger partial charge in [-0.25, -0.2) is 4.79 Å². The van der Waals surface area contributed by atoms with Crippen molar-refractivity contribution in [1.82, 2.24) is 10.5 Å². The molecular formula is C24H32N2O10. The largest absolute Gasteiger partial charge is 0.494 e. The number of aliphatic hydroxyl groups is 1. The maximum absolute atomic E-state index is 10.3. The van der Waals surface area contributed by atoms with E-state index in [1.807, 2.05) is 38.1 Å². The minimum atomic E-state index is -2.74. The highest BCUT2D eigenvalue weighted by molar-refractivity contribution is 5.88. The van der Waals surface area contributed by atoms with Crippen LogP contribution < -0.4 is 10.1 Å². The van der Waals surface area contributed by atoms with Gasteiger partial charge in [0.2, 0.25) is 0 Å². The summed E-state index contributed by atoms with van der Waals surface area (Å²) in [6.07, 6.45) is -1.44. The van der Waals surface area contributed by atoms with E-state index in [0.29, 0.717) is 18.6 Å². The van der Waals surface area contributed by atoms with E-state index in [4.69, 9.17) is 34.4 Å². The van der Waals surface area contributed by atoms with Crippen molar-refractivity contribution < 1.29 is 48.8 Å². The number of nitrogens with zero attached hydrogens (tertiary/aromatic N) is 1. The van der Waals surface area contributed by atoms with Gasteiger partial charge in [-0.3, -0.25) is 9.59 Å². The number of hydrogen-bond donors (Lipinski definition) is 5. The summed E-state index contributed by atoms with van der Waals surface area (Å²) < 4.78 is 16.7. The van der Waals surface area contributed by atoms with Gasteiger partial charge in [0, 0.05) is 36.6 Å². The maximum Gasteiger partial charge on any atom is 0.336 e. The standard InChI is InChI=1S/C18H24N2O3.C6H8O7/c1-3-22-18-7-5-4-6-14(18)10-19-17-12-21-11-15(17)9-16-8-13(2)20-23-16;7-3(8)1-6(13,5(11)12)2-4(9)10/h4-8,15,17,19H,3,9-12H2,1-2H3;13H,1-2H2,(H,7,8)(H,9,10)(H,11,12)/t15-,17-;/m1./s1. The first-order chi connectivity index (χ1) is 17.0. The first-order valence-electron chi connectivity index (χ1n) is 11.4. The van der Waals surface area contributed by atoms with Crippen LogP contribution in [0.3, 0.4) is 0 Å². The molecule has 1 aromatic heterocycles. The number of aryl methyl sites for hydroxylation is 1. The zero-order valence-corrected chi connectivity index (χ0v) is 20.2. The van der Waals surface area contributed by atoms with Crippen molar-refractivity contribution in [3.63, 3.8) is 0 Å². The van der Waals surface area contributed by atoms with E-state index in [9.17, 15) is 14.4 Å². The van der Waals surface area contributed by atoms with Crippen LogP contribution in [0.2, 0.25) is 0 Å². The van der Waals surface area contributed by atoms with Gasteiger partial charge in [0.25, 0.3) is 0 Å². The SMILES string of the molecule is CCOc1ccccc1CN[C@@H]1COC[C@H]1Cc1cc(C)no1.O=C(O)CC(O)(CC(=O)O)C(=O)O. The molecule has 0 saturated carbocycles. The second-order valence-corrected chi connectivity index (χ2v) is 8.44. The lowest BCUT2D eigenvalue weighted by molar-refractivity contribution is -0.170. The van der Waals surface area contributed by atoms with E-state index >= 15 is 0 Å². The fourth-order valence-electron chi connectivity index (χ4n) is 3.70. The van der Waals surface area contributed by atoms with Crippen molar-refractivity contribution in [2.24, 2.45) is 5.92 Å². The van der Waals surface area contributed by atoms with E-state index in [1.165, 1.54) is 5.56 Å². The lowest BCUT2D eigenvalue weighted by Gasteiger charge is -2.19. The Kier molecular flexibility index (Phi) is 10.8. The molecule has 3 rings (SSSR count). The maximum atomic E-state index is 10.3. The lowest BCUT2D eigenvalue weighted by atomic mass is 9.96. The summed E-state index contributed by atoms with van der Waals surface area (Å²) in [6, 6.07) is 10.5. The molecule has 1 aliphatic rings. The van der Waals surface area contributed by atoms with Crippen LogP contribution >= 0.6 is 0 Å². The molecule has 0 radical (unpaired) electrons. The molecule has 12 nitrogen and oxygen atoms in total. The number of carbonyl (C=O) groups is 3. The van der Waals surface area contributed by atoms with Gasteiger partial charge in [-0.05, 0) is 19.9 Å². The van der Waals surface area contributed by atoms with E-state index in [-0.39, 0.29) is 0 Å². The van der Waals surface area contributed by atoms with Gasteiger partial charge < -0.3 is 39.7 Å². The average Bonchev–Trinajstić information content (AvgIpc) is 3.41. The quantitative estimate of drug-likeness (QED) is 0.278. The third-order valence-corrected chi connectivity index (χ3v) is 5.45. The number of para-hydroxylation sites is 1. The molecule has 2 heterocycles. The third kappa shape index (κ3) is 8.95. The van der Waals surface area contributed by atoms with Crippen LogP contribution in [0.5, 0.6) is 5.75 Å². The third-order valence-electron chi connectivity index (χ3n) is 5.45. The van der Waals surface area contributed by atoms with Gasteiger partial charge in [-0.15, -0.1) is 0 Å². The number of aliphatic carboxylic acids is 3. The Morgan fingerprint density at radius 1 is 1.14 bits per heavy atom. The second-order valence-electron chi connectivity index (χ2n) is 8.44. The fourth-order valence-corrected chi connectivity index (χ4v) is 3.70. The molecule has 198 valence electrons. The topological polar surface area (TPSA) is 189 Å². The van der Waals surface area contributed by atoms with E-state index < -0.39 is 36.4 Å². The van der Waals surface area contributed by atoms with Crippen LogP contribution in [-0.4, -0.2) is 75.0 Å². The van der Waals surface area contributed by atoms with Crippen LogP contribution in [0.4, 0.5) is 0 Å². The molecule has 1 aromatic carbocycles. The predicted octanol–water partition coefficient (Wildman–Crippen LogP) is 1.48. The molecular weight excluding hydrogens is 476 g/mol. The van der Waals surface area contributed by atoms with Gasteiger partial charge in [-0.2, -0.15) is 0 Å². The number of carboxylic acids is 3. The second kappa shape index (κ2) is 13.6. The summed E-state index contributed by atoms with van der Waals surface area (Å²) in [6.45, 7) is 6.88. The Labute approximate surface area is 207 Å². The van der Waals surface area contributed by atoms with E-state index in [1.54, 1.807) is 0 Å². The number of aromatic nitrogens is 1. The molecule has 0 spiro atoms. The minimum absolute atomic E-state index is 0.315. The van der Waals surface area contributed by atoms with Crippen molar-refractivity contribution >= 4 is 17.9 Å². The van der Waals surface area contributed by atoms with Crippen LogP contribution in [0.15, 0.2) is 34.9 Å². The number of benzene rings is 1. The summed E-state index contributed by atoms with van der Waals surface area (Å²) >= 11 is 0. The van der Waals surface area contributed by atoms with Crippen LogP contribution in [0.25, 0.3) is 0 Å². The van der Waals surface area contributed by atoms with Gasteiger partial charge >= 0.3 is 17.9 Å². The summed E-state index contributed by atoms with van der Waals surface area (Å²) in [5.41, 5.74) is -0.637. The minimum Gasteiger partial charge on any atom is -0.494 e. The summed E-state index contributed by atoms with van der Waals surface area (Å²) in [7, 11) is 0. The van der Waals surface area contributed by atoms with Crippen molar-refractivity contribution in [2.75, 3.05) is 19.8 Å². The van der Waals surface area contributed by atoms with Gasteiger partial charge in [-0.1, -0.05) is 23.4 Å². The normalized spacial score (nSPS) is 17.2. The van der Waals surface area contributed by atoms with E-state index in [0.717, 1.165) is 43.4 Å². The first kappa shape index (κ1) is 28.8. The summed E-state index contributed by atoms with van der Waals surface area (Å²) in [5, 5.41) is 41.4. The van der Waals surface area contributed by atoms with Crippen LogP contribution in [0, 0.1) is 12.8 Å². The van der Waals surface area contributed by atoms with Crippen molar-refractivity contribution in [1.29, 1.82) is 0 Å². The molecule has 36 heavy (non-hydrogen) atoms. The molecule has 12 heteroatoms. The Hall–Kier alpha value is -3.48. The summed E-state index contributed by atoms with van der Waals surface area (Å²) in [4.78, 5) is 30.5. The van der Waals surface area contributed by atoms with Crippen molar-refractivity contribution in [3.05, 3.63) is 47.3 Å². The van der Waals surface area contributed by atoms with Gasteiger partial charge in [0.1, 0.15) is 11.5 Å². The van der Waals surface area contributed by atoms with E-state index in [2.05, 4.69) is 16.5 Å². The Morgan fingerprint density at radius 3 is 2.36 bits per heavy atom. The average molecular weight is 509 g/mol. The molecule has 5 N–H and O–H groups in total. The van der Waals surface area contributed by atoms with Crippen LogP contribution in [-0.2, 0) is 32.1 Å². The number of carboxylic acid groups (broad SMARTS) is 3. The number of nitrogens with one attached hydrogen (secondary N) is 1. The zero-order valence-electron chi connectivity index (χ0n) is 20.2.